The Bertz CT molecular complexity index is 701. The van der Waals surface area contributed by atoms with E-state index in [9.17, 15) is 13.2 Å². The lowest BCUT2D eigenvalue weighted by Gasteiger charge is -2.38. The van der Waals surface area contributed by atoms with Gasteiger partial charge in [-0.2, -0.15) is 0 Å². The van der Waals surface area contributed by atoms with Crippen LogP contribution in [0.3, 0.4) is 0 Å². The lowest BCUT2D eigenvalue weighted by atomic mass is 9.93. The molecule has 1 aromatic carbocycles. The minimum atomic E-state index is -3.30. The molecule has 0 saturated carbocycles. The van der Waals surface area contributed by atoms with Crippen LogP contribution in [0.1, 0.15) is 45.6 Å². The number of rotatable bonds is 7. The lowest BCUT2D eigenvalue weighted by Crippen LogP contribution is -2.53. The number of nitrogens with one attached hydrogen (secondary N) is 1. The molecule has 0 bridgehead atoms. The van der Waals surface area contributed by atoms with E-state index >= 15 is 0 Å². The summed E-state index contributed by atoms with van der Waals surface area (Å²) in [5.74, 6) is 1.18. The molecule has 0 unspecified atom stereocenters. The molecular formula is C19H30N2O4S. The van der Waals surface area contributed by atoms with Crippen LogP contribution < -0.4 is 9.46 Å². The third-order valence-corrected chi connectivity index (χ3v) is 6.32. The third-order valence-electron chi connectivity index (χ3n) is 4.90. The van der Waals surface area contributed by atoms with Crippen molar-refractivity contribution in [2.45, 2.75) is 46.1 Å². The van der Waals surface area contributed by atoms with Gasteiger partial charge in [0.2, 0.25) is 15.9 Å². The average Bonchev–Trinajstić information content (AvgIpc) is 2.60. The molecule has 1 fully saturated rings. The molecule has 6 nitrogen and oxygen atoms in total. The molecule has 0 spiro atoms. The molecule has 0 radical (unpaired) electrons. The van der Waals surface area contributed by atoms with E-state index in [1.807, 2.05) is 24.3 Å². The number of carbonyl (C=O) groups is 1. The van der Waals surface area contributed by atoms with Crippen LogP contribution in [-0.4, -0.2) is 50.7 Å². The van der Waals surface area contributed by atoms with Gasteiger partial charge in [0.05, 0.1) is 12.4 Å². The van der Waals surface area contributed by atoms with Gasteiger partial charge in [0.15, 0.2) is 0 Å². The Balaban J connectivity index is 2.05. The number of amides is 1. The third kappa shape index (κ3) is 5.71. The van der Waals surface area contributed by atoms with Gasteiger partial charge in [-0.25, -0.2) is 13.1 Å². The second-order valence-corrected chi connectivity index (χ2v) is 9.22. The molecule has 1 aliphatic heterocycles. The molecular weight excluding hydrogens is 352 g/mol. The standard InChI is InChI=1S/C19H30N2O4S/c1-5-26(23,24)20-19-10-11-21(15(4)22)12-17(19)13-25-18-8-6-16(7-9-18)14(2)3/h6-9,14,17,19-20H,5,10-13H2,1-4H3/t17-,19-/m0/s1. The van der Waals surface area contributed by atoms with Crippen molar-refractivity contribution in [1.82, 2.24) is 9.62 Å². The summed E-state index contributed by atoms with van der Waals surface area (Å²) < 4.78 is 32.6. The molecule has 2 rings (SSSR count). The van der Waals surface area contributed by atoms with E-state index in [0.717, 1.165) is 5.75 Å². The Morgan fingerprint density at radius 1 is 1.31 bits per heavy atom. The van der Waals surface area contributed by atoms with E-state index in [1.54, 1.807) is 18.7 Å². The van der Waals surface area contributed by atoms with Crippen LogP contribution in [-0.2, 0) is 14.8 Å². The molecule has 1 aromatic rings. The zero-order valence-corrected chi connectivity index (χ0v) is 16.9. The summed E-state index contributed by atoms with van der Waals surface area (Å²) in [6, 6.07) is 7.74. The number of hydrogen-bond donors (Lipinski definition) is 1. The van der Waals surface area contributed by atoms with Crippen molar-refractivity contribution in [3.05, 3.63) is 29.8 Å². The molecule has 146 valence electrons. The van der Waals surface area contributed by atoms with Crippen LogP contribution in [0.15, 0.2) is 24.3 Å². The first-order valence-corrected chi connectivity index (χ1v) is 10.8. The maximum atomic E-state index is 12.0. The molecule has 1 saturated heterocycles. The van der Waals surface area contributed by atoms with Crippen molar-refractivity contribution >= 4 is 15.9 Å². The number of likely N-dealkylation sites (tertiary alicyclic amines) is 1. The fourth-order valence-corrected chi connectivity index (χ4v) is 4.05. The summed E-state index contributed by atoms with van der Waals surface area (Å²) >= 11 is 0. The van der Waals surface area contributed by atoms with Crippen LogP contribution in [0.25, 0.3) is 0 Å². The number of nitrogens with zero attached hydrogens (tertiary/aromatic N) is 1. The molecule has 1 N–H and O–H groups in total. The van der Waals surface area contributed by atoms with Gasteiger partial charge >= 0.3 is 0 Å². The number of carbonyl (C=O) groups excluding carboxylic acids is 1. The Morgan fingerprint density at radius 3 is 2.50 bits per heavy atom. The molecule has 1 amide bonds. The maximum Gasteiger partial charge on any atom is 0.219 e. The first kappa shape index (κ1) is 20.7. The van der Waals surface area contributed by atoms with Gasteiger partial charge in [0.1, 0.15) is 5.75 Å². The van der Waals surface area contributed by atoms with Crippen molar-refractivity contribution < 1.29 is 17.9 Å². The molecule has 26 heavy (non-hydrogen) atoms. The van der Waals surface area contributed by atoms with E-state index in [-0.39, 0.29) is 23.6 Å². The van der Waals surface area contributed by atoms with E-state index in [1.165, 1.54) is 5.56 Å². The minimum Gasteiger partial charge on any atom is -0.493 e. The molecule has 7 heteroatoms. The predicted molar refractivity (Wildman–Crippen MR) is 103 cm³/mol. The van der Waals surface area contributed by atoms with Gasteiger partial charge in [-0.1, -0.05) is 26.0 Å². The van der Waals surface area contributed by atoms with Crippen molar-refractivity contribution in [1.29, 1.82) is 0 Å². The highest BCUT2D eigenvalue weighted by Crippen LogP contribution is 2.22. The average molecular weight is 383 g/mol. The van der Waals surface area contributed by atoms with Gasteiger partial charge in [-0.15, -0.1) is 0 Å². The van der Waals surface area contributed by atoms with Crippen molar-refractivity contribution in [2.24, 2.45) is 5.92 Å². The zero-order chi connectivity index (χ0) is 19.3. The largest absolute Gasteiger partial charge is 0.493 e. The van der Waals surface area contributed by atoms with E-state index in [2.05, 4.69) is 18.6 Å². The van der Waals surface area contributed by atoms with E-state index in [4.69, 9.17) is 4.74 Å². The van der Waals surface area contributed by atoms with Crippen molar-refractivity contribution in [3.8, 4) is 5.75 Å². The summed E-state index contributed by atoms with van der Waals surface area (Å²) in [7, 11) is -3.30. The van der Waals surface area contributed by atoms with Crippen LogP contribution in [0, 0.1) is 5.92 Å². The Kier molecular flexibility index (Phi) is 7.06. The highest BCUT2D eigenvalue weighted by Gasteiger charge is 2.33. The highest BCUT2D eigenvalue weighted by atomic mass is 32.2. The Morgan fingerprint density at radius 2 is 1.96 bits per heavy atom. The minimum absolute atomic E-state index is 0.00749. The summed E-state index contributed by atoms with van der Waals surface area (Å²) in [5.41, 5.74) is 1.24. The van der Waals surface area contributed by atoms with Crippen LogP contribution in [0.4, 0.5) is 0 Å². The SMILES string of the molecule is CCS(=O)(=O)N[C@H]1CCN(C(C)=O)C[C@H]1COc1ccc(C(C)C)cc1. The van der Waals surface area contributed by atoms with Gasteiger partial charge in [-0.3, -0.25) is 4.79 Å². The zero-order valence-electron chi connectivity index (χ0n) is 16.1. The first-order chi connectivity index (χ1) is 12.2. The van der Waals surface area contributed by atoms with Gasteiger partial charge < -0.3 is 9.64 Å². The first-order valence-electron chi connectivity index (χ1n) is 9.20. The second-order valence-electron chi connectivity index (χ2n) is 7.18. The van der Waals surface area contributed by atoms with Gasteiger partial charge in [0.25, 0.3) is 0 Å². The summed E-state index contributed by atoms with van der Waals surface area (Å²) in [5, 5.41) is 0. The highest BCUT2D eigenvalue weighted by molar-refractivity contribution is 7.89. The topological polar surface area (TPSA) is 75.7 Å². The fraction of sp³-hybridized carbons (Fsp3) is 0.632. The Labute approximate surface area is 157 Å². The number of benzene rings is 1. The second kappa shape index (κ2) is 8.86. The van der Waals surface area contributed by atoms with E-state index < -0.39 is 10.0 Å². The predicted octanol–water partition coefficient (Wildman–Crippen LogP) is 2.37. The molecule has 0 aromatic heterocycles. The monoisotopic (exact) mass is 382 g/mol. The molecule has 2 atom stereocenters. The van der Waals surface area contributed by atoms with Gasteiger partial charge in [-0.05, 0) is 37.0 Å². The van der Waals surface area contributed by atoms with Crippen LogP contribution >= 0.6 is 0 Å². The maximum absolute atomic E-state index is 12.0. The van der Waals surface area contributed by atoms with E-state index in [0.29, 0.717) is 32.0 Å². The molecule has 0 aliphatic carbocycles. The number of hydrogen-bond acceptors (Lipinski definition) is 4. The summed E-state index contributed by atoms with van der Waals surface area (Å²) in [4.78, 5) is 13.5. The van der Waals surface area contributed by atoms with Crippen LogP contribution in [0.5, 0.6) is 5.75 Å². The molecule has 1 heterocycles. The fourth-order valence-electron chi connectivity index (χ4n) is 3.11. The van der Waals surface area contributed by atoms with Crippen LogP contribution in [0.2, 0.25) is 0 Å². The summed E-state index contributed by atoms with van der Waals surface area (Å²) in [6.07, 6.45) is 0.596. The van der Waals surface area contributed by atoms with Crippen molar-refractivity contribution in [2.75, 3.05) is 25.4 Å². The van der Waals surface area contributed by atoms with Crippen molar-refractivity contribution in [3.63, 3.8) is 0 Å². The smallest absolute Gasteiger partial charge is 0.219 e. The number of sulfonamides is 1. The van der Waals surface area contributed by atoms with Gasteiger partial charge in [0, 0.05) is 32.0 Å². The Hall–Kier alpha value is -1.60. The lowest BCUT2D eigenvalue weighted by molar-refractivity contribution is -0.131. The molecule has 1 aliphatic rings. The quantitative estimate of drug-likeness (QED) is 0.785. The number of ether oxygens (including phenoxy) is 1. The normalized spacial score (nSPS) is 21.0. The number of piperidine rings is 1. The summed E-state index contributed by atoms with van der Waals surface area (Å²) in [6.45, 7) is 8.86.